The van der Waals surface area contributed by atoms with Crippen LogP contribution in [0.1, 0.15) is 30.4 Å². The maximum absolute atomic E-state index is 5.08. The van der Waals surface area contributed by atoms with Gasteiger partial charge in [0.15, 0.2) is 5.17 Å². The van der Waals surface area contributed by atoms with Crippen LogP contribution in [0.3, 0.4) is 0 Å². The van der Waals surface area contributed by atoms with Crippen LogP contribution in [-0.4, -0.2) is 23.2 Å². The van der Waals surface area contributed by atoms with Crippen LogP contribution in [0.2, 0.25) is 0 Å². The van der Waals surface area contributed by atoms with Crippen LogP contribution in [0, 0.1) is 13.8 Å². The molecule has 1 saturated heterocycles. The summed E-state index contributed by atoms with van der Waals surface area (Å²) in [5, 5.41) is 1.13. The van der Waals surface area contributed by atoms with E-state index in [2.05, 4.69) is 67.3 Å². The number of rotatable bonds is 2. The highest BCUT2D eigenvalue weighted by Crippen LogP contribution is 2.29. The Kier molecular flexibility index (Phi) is 5.39. The zero-order valence-electron chi connectivity index (χ0n) is 14.0. The van der Waals surface area contributed by atoms with Gasteiger partial charge in [0.25, 0.3) is 0 Å². The maximum Gasteiger partial charge on any atom is 0.169 e. The van der Waals surface area contributed by atoms with Crippen molar-refractivity contribution >= 4 is 22.6 Å². The Morgan fingerprint density at radius 2 is 1.52 bits per heavy atom. The zero-order valence-corrected chi connectivity index (χ0v) is 14.8. The van der Waals surface area contributed by atoms with Crippen LogP contribution < -0.4 is 0 Å². The third-order valence-corrected chi connectivity index (χ3v) is 5.27. The van der Waals surface area contributed by atoms with Crippen molar-refractivity contribution in [3.63, 3.8) is 0 Å². The van der Waals surface area contributed by atoms with Gasteiger partial charge in [-0.25, -0.2) is 4.99 Å². The van der Waals surface area contributed by atoms with Gasteiger partial charge in [-0.1, -0.05) is 48.2 Å². The van der Waals surface area contributed by atoms with Gasteiger partial charge >= 0.3 is 0 Å². The van der Waals surface area contributed by atoms with E-state index in [1.807, 2.05) is 0 Å². The van der Waals surface area contributed by atoms with E-state index in [1.54, 1.807) is 11.8 Å². The quantitative estimate of drug-likeness (QED) is 0.408. The largest absolute Gasteiger partial charge is 0.351 e. The minimum atomic E-state index is 1.11. The normalized spacial score (nSPS) is 15.7. The number of benzene rings is 2. The highest BCUT2D eigenvalue weighted by atomic mass is 32.2. The number of hydrogen-bond acceptors (Lipinski definition) is 2. The molecular weight excluding hydrogens is 300 g/mol. The number of para-hydroxylation sites is 1. The van der Waals surface area contributed by atoms with E-state index < -0.39 is 0 Å². The van der Waals surface area contributed by atoms with Gasteiger partial charge in [0.05, 0.1) is 5.69 Å². The molecule has 2 aromatic rings. The number of nitrogens with zero attached hydrogens (tertiary/aromatic N) is 2. The smallest absolute Gasteiger partial charge is 0.169 e. The van der Waals surface area contributed by atoms with Crippen LogP contribution in [0.4, 0.5) is 5.69 Å². The average Bonchev–Trinajstić information content (AvgIpc) is 2.59. The summed E-state index contributed by atoms with van der Waals surface area (Å²) in [6, 6.07) is 17.0. The van der Waals surface area contributed by atoms with Crippen LogP contribution in [0.5, 0.6) is 0 Å². The highest BCUT2D eigenvalue weighted by molar-refractivity contribution is 8.13. The van der Waals surface area contributed by atoms with Crippen molar-refractivity contribution in [2.75, 3.05) is 13.1 Å². The first-order valence-electron chi connectivity index (χ1n) is 8.37. The Balaban J connectivity index is 1.95. The molecule has 0 aliphatic carbocycles. The van der Waals surface area contributed by atoms with Gasteiger partial charge < -0.3 is 4.90 Å². The van der Waals surface area contributed by atoms with E-state index in [0.29, 0.717) is 0 Å². The molecule has 0 N–H and O–H groups in total. The van der Waals surface area contributed by atoms with Gasteiger partial charge in [0, 0.05) is 18.0 Å². The predicted molar refractivity (Wildman–Crippen MR) is 101 cm³/mol. The van der Waals surface area contributed by atoms with Crippen LogP contribution in [0.15, 0.2) is 58.4 Å². The molecule has 23 heavy (non-hydrogen) atoms. The molecule has 2 aromatic carbocycles. The molecule has 0 saturated carbocycles. The van der Waals surface area contributed by atoms with Gasteiger partial charge in [-0.15, -0.1) is 0 Å². The number of piperidine rings is 1. The predicted octanol–water partition coefficient (Wildman–Crippen LogP) is 5.57. The molecule has 1 aliphatic rings. The van der Waals surface area contributed by atoms with Crippen molar-refractivity contribution in [1.82, 2.24) is 4.90 Å². The van der Waals surface area contributed by atoms with Gasteiger partial charge in [-0.05, 0) is 56.4 Å². The molecule has 1 heterocycles. The fourth-order valence-electron chi connectivity index (χ4n) is 2.91. The lowest BCUT2D eigenvalue weighted by atomic mass is 10.1. The van der Waals surface area contributed by atoms with Crippen molar-refractivity contribution < 1.29 is 0 Å². The zero-order chi connectivity index (χ0) is 16.1. The summed E-state index contributed by atoms with van der Waals surface area (Å²) in [4.78, 5) is 8.79. The third-order valence-electron chi connectivity index (χ3n) is 4.23. The van der Waals surface area contributed by atoms with E-state index in [0.717, 1.165) is 23.9 Å². The molecule has 0 spiro atoms. The number of amidine groups is 1. The van der Waals surface area contributed by atoms with Crippen LogP contribution >= 0.6 is 11.8 Å². The Bertz CT molecular complexity index is 653. The summed E-state index contributed by atoms with van der Waals surface area (Å²) in [7, 11) is 0. The lowest BCUT2D eigenvalue weighted by molar-refractivity contribution is 0.348. The molecule has 0 bridgehead atoms. The maximum atomic E-state index is 5.08. The molecular formula is C20H24N2S. The number of likely N-dealkylation sites (tertiary alicyclic amines) is 1. The molecule has 2 nitrogen and oxygen atoms in total. The van der Waals surface area contributed by atoms with Crippen molar-refractivity contribution in [3.8, 4) is 0 Å². The number of aliphatic imine (C=N–C) groups is 1. The number of hydrogen-bond donors (Lipinski definition) is 0. The van der Waals surface area contributed by atoms with E-state index in [-0.39, 0.29) is 0 Å². The van der Waals surface area contributed by atoms with Crippen LogP contribution in [0.25, 0.3) is 0 Å². The lowest BCUT2D eigenvalue weighted by Crippen LogP contribution is -2.33. The Morgan fingerprint density at radius 3 is 2.17 bits per heavy atom. The fourth-order valence-corrected chi connectivity index (χ4v) is 3.87. The van der Waals surface area contributed by atoms with Crippen LogP contribution in [-0.2, 0) is 0 Å². The average molecular weight is 324 g/mol. The third kappa shape index (κ3) is 4.17. The molecule has 0 amide bonds. The Morgan fingerprint density at radius 1 is 0.870 bits per heavy atom. The first-order valence-corrected chi connectivity index (χ1v) is 9.18. The summed E-state index contributed by atoms with van der Waals surface area (Å²) < 4.78 is 0. The summed E-state index contributed by atoms with van der Waals surface area (Å²) >= 11 is 1.78. The molecule has 120 valence electrons. The van der Waals surface area contributed by atoms with Crippen molar-refractivity contribution in [3.05, 3.63) is 59.7 Å². The second-order valence-corrected chi connectivity index (χ2v) is 7.14. The Labute approximate surface area is 143 Å². The highest BCUT2D eigenvalue weighted by Gasteiger charge is 2.17. The molecule has 1 fully saturated rings. The van der Waals surface area contributed by atoms with E-state index in [9.17, 15) is 0 Å². The standard InChI is InChI=1S/C20H24N2S/c1-16-10-9-11-17(2)19(16)21-20(22-14-7-4-8-15-22)23-18-12-5-3-6-13-18/h3,5-6,9-13H,4,7-8,14-15H2,1-2H3. The Hall–Kier alpha value is -1.74. The molecule has 3 rings (SSSR count). The van der Waals surface area contributed by atoms with E-state index >= 15 is 0 Å². The van der Waals surface area contributed by atoms with Gasteiger partial charge in [0.2, 0.25) is 0 Å². The summed E-state index contributed by atoms with van der Waals surface area (Å²) in [5.41, 5.74) is 3.61. The van der Waals surface area contributed by atoms with Gasteiger partial charge in [0.1, 0.15) is 0 Å². The fraction of sp³-hybridized carbons (Fsp3) is 0.350. The van der Waals surface area contributed by atoms with Crippen molar-refractivity contribution in [2.24, 2.45) is 4.99 Å². The first-order chi connectivity index (χ1) is 11.2. The van der Waals surface area contributed by atoms with Crippen molar-refractivity contribution in [2.45, 2.75) is 38.0 Å². The molecule has 0 atom stereocenters. The number of thioether (sulfide) groups is 1. The number of aryl methyl sites for hydroxylation is 2. The minimum absolute atomic E-state index is 1.11. The molecule has 0 radical (unpaired) electrons. The first kappa shape index (κ1) is 16.1. The molecule has 0 unspecified atom stereocenters. The molecule has 0 aromatic heterocycles. The van der Waals surface area contributed by atoms with Gasteiger partial charge in [-0.2, -0.15) is 0 Å². The lowest BCUT2D eigenvalue weighted by Gasteiger charge is -2.29. The summed E-state index contributed by atoms with van der Waals surface area (Å²) in [6.07, 6.45) is 3.87. The topological polar surface area (TPSA) is 15.6 Å². The van der Waals surface area contributed by atoms with E-state index in [1.165, 1.54) is 35.3 Å². The summed E-state index contributed by atoms with van der Waals surface area (Å²) in [6.45, 7) is 6.52. The second kappa shape index (κ2) is 7.69. The van der Waals surface area contributed by atoms with E-state index in [4.69, 9.17) is 4.99 Å². The van der Waals surface area contributed by atoms with Crippen molar-refractivity contribution in [1.29, 1.82) is 0 Å². The summed E-state index contributed by atoms with van der Waals surface area (Å²) in [5.74, 6) is 0. The van der Waals surface area contributed by atoms with Gasteiger partial charge in [-0.3, -0.25) is 0 Å². The monoisotopic (exact) mass is 324 g/mol. The second-order valence-electron chi connectivity index (χ2n) is 6.10. The molecule has 1 aliphatic heterocycles. The molecule has 3 heteroatoms. The minimum Gasteiger partial charge on any atom is -0.351 e. The SMILES string of the molecule is Cc1cccc(C)c1N=C(Sc1ccccc1)N1CCCCC1.